The molecule has 0 atom stereocenters. The Bertz CT molecular complexity index is 1050. The van der Waals surface area contributed by atoms with E-state index in [1.54, 1.807) is 32.2 Å². The Labute approximate surface area is 191 Å². The number of anilines is 1. The van der Waals surface area contributed by atoms with Crippen LogP contribution in [0, 0.1) is 6.92 Å². The molecule has 0 radical (unpaired) electrons. The minimum absolute atomic E-state index is 0.0610. The first-order valence-corrected chi connectivity index (χ1v) is 10.8. The molecule has 1 aliphatic heterocycles. The van der Waals surface area contributed by atoms with Gasteiger partial charge in [-0.3, -0.25) is 4.79 Å². The summed E-state index contributed by atoms with van der Waals surface area (Å²) < 4.78 is 10.5. The summed E-state index contributed by atoms with van der Waals surface area (Å²) in [7, 11) is 1.66. The largest absolute Gasteiger partial charge is 0.497 e. The van der Waals surface area contributed by atoms with E-state index in [0.29, 0.717) is 32.6 Å². The second-order valence-corrected chi connectivity index (χ2v) is 8.31. The second kappa shape index (κ2) is 9.20. The van der Waals surface area contributed by atoms with Gasteiger partial charge in [-0.2, -0.15) is 0 Å². The van der Waals surface area contributed by atoms with Crippen LogP contribution in [0.3, 0.4) is 0 Å². The fourth-order valence-electron chi connectivity index (χ4n) is 3.87. The fourth-order valence-corrected chi connectivity index (χ4v) is 4.44. The van der Waals surface area contributed by atoms with Crippen molar-refractivity contribution in [1.29, 1.82) is 0 Å². The van der Waals surface area contributed by atoms with Crippen LogP contribution in [0.4, 0.5) is 5.69 Å². The lowest BCUT2D eigenvalue weighted by atomic mass is 10.0. The van der Waals surface area contributed by atoms with Gasteiger partial charge in [0.05, 0.1) is 17.2 Å². The monoisotopic (exact) mass is 459 g/mol. The van der Waals surface area contributed by atoms with E-state index in [0.717, 1.165) is 37.4 Å². The highest BCUT2D eigenvalue weighted by atomic mass is 35.5. The number of ether oxygens (including phenoxy) is 1. The number of aromatic nitrogens is 1. The topological polar surface area (TPSA) is 67.6 Å². The van der Waals surface area contributed by atoms with Crippen LogP contribution in [0.2, 0.25) is 10.0 Å². The summed E-state index contributed by atoms with van der Waals surface area (Å²) in [4.78, 5) is 15.4. The zero-order valence-corrected chi connectivity index (χ0v) is 18.8. The van der Waals surface area contributed by atoms with E-state index in [9.17, 15) is 4.79 Å². The van der Waals surface area contributed by atoms with Crippen molar-refractivity contribution < 1.29 is 14.1 Å². The fraction of sp³-hybridized carbons (Fsp3) is 0.304. The Kier molecular flexibility index (Phi) is 6.39. The van der Waals surface area contributed by atoms with E-state index in [2.05, 4.69) is 27.5 Å². The number of halogens is 2. The van der Waals surface area contributed by atoms with Crippen LogP contribution in [0.25, 0.3) is 11.3 Å². The van der Waals surface area contributed by atoms with E-state index >= 15 is 0 Å². The maximum absolute atomic E-state index is 13.1. The minimum atomic E-state index is -0.229. The van der Waals surface area contributed by atoms with Crippen molar-refractivity contribution in [2.45, 2.75) is 25.8 Å². The Morgan fingerprint density at radius 2 is 1.77 bits per heavy atom. The quantitative estimate of drug-likeness (QED) is 0.555. The minimum Gasteiger partial charge on any atom is -0.497 e. The van der Waals surface area contributed by atoms with Gasteiger partial charge in [0, 0.05) is 30.4 Å². The first-order valence-electron chi connectivity index (χ1n) is 10.1. The van der Waals surface area contributed by atoms with Gasteiger partial charge in [-0.25, -0.2) is 0 Å². The zero-order chi connectivity index (χ0) is 22.0. The SMILES string of the molecule is COc1ccc(N2CCC(NC(=O)c3c(-c4c(Cl)cccc4Cl)noc3C)CC2)cc1. The first kappa shape index (κ1) is 21.5. The summed E-state index contributed by atoms with van der Waals surface area (Å²) in [5.41, 5.74) is 2.38. The molecule has 31 heavy (non-hydrogen) atoms. The van der Waals surface area contributed by atoms with Gasteiger partial charge in [-0.15, -0.1) is 0 Å². The summed E-state index contributed by atoms with van der Waals surface area (Å²) in [5.74, 6) is 1.04. The molecule has 0 bridgehead atoms. The Morgan fingerprint density at radius 3 is 2.39 bits per heavy atom. The molecule has 4 rings (SSSR count). The molecule has 0 unspecified atom stereocenters. The van der Waals surface area contributed by atoms with Crippen LogP contribution in [0.15, 0.2) is 47.0 Å². The predicted molar refractivity (Wildman–Crippen MR) is 122 cm³/mol. The third-order valence-electron chi connectivity index (χ3n) is 5.56. The molecule has 1 fully saturated rings. The number of piperidine rings is 1. The molecule has 2 aromatic carbocycles. The molecule has 1 aromatic heterocycles. The molecule has 1 aliphatic rings. The second-order valence-electron chi connectivity index (χ2n) is 7.49. The number of nitrogens with zero attached hydrogens (tertiary/aromatic N) is 2. The van der Waals surface area contributed by atoms with Crippen LogP contribution in [-0.4, -0.2) is 37.3 Å². The number of carbonyl (C=O) groups excluding carboxylic acids is 1. The molecule has 1 saturated heterocycles. The highest BCUT2D eigenvalue weighted by Gasteiger charge is 2.28. The Hall–Kier alpha value is -2.70. The Balaban J connectivity index is 1.45. The zero-order valence-electron chi connectivity index (χ0n) is 17.3. The van der Waals surface area contributed by atoms with Crippen molar-refractivity contribution in [2.24, 2.45) is 0 Å². The van der Waals surface area contributed by atoms with Gasteiger partial charge < -0.3 is 19.5 Å². The van der Waals surface area contributed by atoms with Gasteiger partial charge in [-0.1, -0.05) is 34.4 Å². The molecule has 1 amide bonds. The maximum Gasteiger partial charge on any atom is 0.257 e. The third-order valence-corrected chi connectivity index (χ3v) is 6.19. The normalized spacial score (nSPS) is 14.5. The molecule has 3 aromatic rings. The molecule has 162 valence electrons. The van der Waals surface area contributed by atoms with Gasteiger partial charge in [-0.05, 0) is 56.2 Å². The first-order chi connectivity index (χ1) is 15.0. The van der Waals surface area contributed by atoms with Crippen LogP contribution in [-0.2, 0) is 0 Å². The van der Waals surface area contributed by atoms with Crippen LogP contribution < -0.4 is 15.0 Å². The van der Waals surface area contributed by atoms with Gasteiger partial charge >= 0.3 is 0 Å². The number of nitrogens with one attached hydrogen (secondary N) is 1. The summed E-state index contributed by atoms with van der Waals surface area (Å²) >= 11 is 12.6. The van der Waals surface area contributed by atoms with Crippen molar-refractivity contribution in [3.8, 4) is 17.0 Å². The summed E-state index contributed by atoms with van der Waals surface area (Å²) in [6, 6.07) is 13.3. The van der Waals surface area contributed by atoms with Gasteiger partial charge in [0.25, 0.3) is 5.91 Å². The predicted octanol–water partition coefficient (Wildman–Crippen LogP) is 5.36. The van der Waals surface area contributed by atoms with Crippen molar-refractivity contribution in [3.05, 3.63) is 63.8 Å². The average molecular weight is 460 g/mol. The van der Waals surface area contributed by atoms with E-state index < -0.39 is 0 Å². The lowest BCUT2D eigenvalue weighted by Crippen LogP contribution is -2.44. The number of hydrogen-bond donors (Lipinski definition) is 1. The van der Waals surface area contributed by atoms with Gasteiger partial charge in [0.2, 0.25) is 0 Å². The van der Waals surface area contributed by atoms with Crippen molar-refractivity contribution in [3.63, 3.8) is 0 Å². The van der Waals surface area contributed by atoms with E-state index in [1.807, 2.05) is 12.1 Å². The summed E-state index contributed by atoms with van der Waals surface area (Å²) in [6.07, 6.45) is 1.68. The van der Waals surface area contributed by atoms with E-state index in [1.165, 1.54) is 0 Å². The van der Waals surface area contributed by atoms with Crippen LogP contribution in [0.5, 0.6) is 5.75 Å². The van der Waals surface area contributed by atoms with Crippen LogP contribution >= 0.6 is 23.2 Å². The van der Waals surface area contributed by atoms with Crippen LogP contribution in [0.1, 0.15) is 29.0 Å². The number of carbonyl (C=O) groups is 1. The number of hydrogen-bond acceptors (Lipinski definition) is 5. The van der Waals surface area contributed by atoms with Crippen molar-refractivity contribution >= 4 is 34.8 Å². The van der Waals surface area contributed by atoms with Crippen molar-refractivity contribution in [1.82, 2.24) is 10.5 Å². The Morgan fingerprint density at radius 1 is 1.13 bits per heavy atom. The number of benzene rings is 2. The molecular weight excluding hydrogens is 437 g/mol. The third kappa shape index (κ3) is 4.50. The standard InChI is InChI=1S/C23H23Cl2N3O3/c1-14-20(22(27-31-14)21-18(24)4-3-5-19(21)25)23(29)26-15-10-12-28(13-11-15)16-6-8-17(30-2)9-7-16/h3-9,15H,10-13H2,1-2H3,(H,26,29). The van der Waals surface area contributed by atoms with Crippen molar-refractivity contribution in [2.75, 3.05) is 25.1 Å². The molecule has 1 N–H and O–H groups in total. The molecular formula is C23H23Cl2N3O3. The van der Waals surface area contributed by atoms with Gasteiger partial charge in [0.15, 0.2) is 0 Å². The smallest absolute Gasteiger partial charge is 0.257 e. The molecule has 8 heteroatoms. The maximum atomic E-state index is 13.1. The summed E-state index contributed by atoms with van der Waals surface area (Å²) in [5, 5.41) is 8.03. The summed E-state index contributed by atoms with van der Waals surface area (Å²) in [6.45, 7) is 3.41. The number of aryl methyl sites for hydroxylation is 1. The average Bonchev–Trinajstić information content (AvgIpc) is 3.15. The number of rotatable bonds is 5. The highest BCUT2D eigenvalue weighted by molar-refractivity contribution is 6.39. The highest BCUT2D eigenvalue weighted by Crippen LogP contribution is 2.36. The lowest BCUT2D eigenvalue weighted by molar-refractivity contribution is 0.0930. The van der Waals surface area contributed by atoms with E-state index in [-0.39, 0.29) is 11.9 Å². The molecule has 0 aliphatic carbocycles. The van der Waals surface area contributed by atoms with Gasteiger partial charge in [0.1, 0.15) is 22.8 Å². The molecule has 0 saturated carbocycles. The number of methoxy groups -OCH3 is 1. The molecule has 0 spiro atoms. The molecule has 2 heterocycles. The lowest BCUT2D eigenvalue weighted by Gasteiger charge is -2.34. The van der Waals surface area contributed by atoms with E-state index in [4.69, 9.17) is 32.5 Å². The number of amides is 1. The molecule has 6 nitrogen and oxygen atoms in total.